The van der Waals surface area contributed by atoms with Crippen LogP contribution in [0.5, 0.6) is 0 Å². The van der Waals surface area contributed by atoms with Gasteiger partial charge in [-0.25, -0.2) is 9.18 Å². The number of rotatable bonds is 8. The molecule has 0 aromatic heterocycles. The van der Waals surface area contributed by atoms with E-state index in [0.717, 1.165) is 30.3 Å². The molecular weight excluding hydrogens is 524 g/mol. The van der Waals surface area contributed by atoms with Crippen LogP contribution < -0.4 is 5.32 Å². The van der Waals surface area contributed by atoms with Gasteiger partial charge in [-0.15, -0.1) is 0 Å². The van der Waals surface area contributed by atoms with Gasteiger partial charge in [0.15, 0.2) is 0 Å². The number of carboxylic acids is 1. The van der Waals surface area contributed by atoms with Crippen LogP contribution in [-0.4, -0.2) is 35.0 Å². The molecule has 10 heteroatoms. The zero-order chi connectivity index (χ0) is 28.4. The second-order valence-electron chi connectivity index (χ2n) is 9.00. The average Bonchev–Trinajstić information content (AvgIpc) is 2.87. The number of halogens is 5. The van der Waals surface area contributed by atoms with Gasteiger partial charge >= 0.3 is 12.1 Å². The molecule has 1 unspecified atom stereocenters. The van der Waals surface area contributed by atoms with E-state index in [9.17, 15) is 27.2 Å². The maximum Gasteiger partial charge on any atom is 0.417 e. The van der Waals surface area contributed by atoms with Crippen molar-refractivity contribution in [2.45, 2.75) is 45.5 Å². The molecule has 0 aliphatic heterocycles. The van der Waals surface area contributed by atoms with Crippen LogP contribution in [0.4, 0.5) is 23.2 Å². The summed E-state index contributed by atoms with van der Waals surface area (Å²) in [6.07, 6.45) is -4.27. The Morgan fingerprint density at radius 3 is 2.34 bits per heavy atom. The van der Waals surface area contributed by atoms with Crippen LogP contribution in [0.1, 0.15) is 53.4 Å². The van der Waals surface area contributed by atoms with Crippen molar-refractivity contribution < 1.29 is 32.3 Å². The van der Waals surface area contributed by atoms with Crippen molar-refractivity contribution in [1.82, 2.24) is 4.90 Å². The number of nitrogens with zero attached hydrogens (tertiary/aromatic N) is 1. The molecule has 0 saturated carbocycles. The summed E-state index contributed by atoms with van der Waals surface area (Å²) in [7, 11) is 1.11. The fourth-order valence-electron chi connectivity index (χ4n) is 4.01. The summed E-state index contributed by atoms with van der Waals surface area (Å²) in [5, 5.41) is 13.1. The molecule has 0 aliphatic carbocycles. The number of nitrogens with one attached hydrogen (secondary N) is 1. The summed E-state index contributed by atoms with van der Waals surface area (Å²) >= 11 is 6.12. The molecule has 2 N–H and O–H groups in total. The van der Waals surface area contributed by atoms with Gasteiger partial charge in [0.05, 0.1) is 17.2 Å². The van der Waals surface area contributed by atoms with Gasteiger partial charge < -0.3 is 15.3 Å². The Bertz CT molecular complexity index is 1360. The van der Waals surface area contributed by atoms with Crippen molar-refractivity contribution in [2.24, 2.45) is 0 Å². The molecule has 0 bridgehead atoms. The van der Waals surface area contributed by atoms with E-state index in [1.54, 1.807) is 6.07 Å². The van der Waals surface area contributed by atoms with Crippen LogP contribution in [0, 0.1) is 12.7 Å². The number of anilines is 1. The molecule has 0 aliphatic rings. The van der Waals surface area contributed by atoms with Gasteiger partial charge in [0.1, 0.15) is 11.9 Å². The summed E-state index contributed by atoms with van der Waals surface area (Å²) in [6, 6.07) is 11.0. The minimum absolute atomic E-state index is 0.0839. The Hall–Kier alpha value is -3.59. The van der Waals surface area contributed by atoms with E-state index in [0.29, 0.717) is 28.1 Å². The second kappa shape index (κ2) is 11.4. The number of alkyl halides is 3. The third kappa shape index (κ3) is 6.27. The van der Waals surface area contributed by atoms with E-state index in [-0.39, 0.29) is 17.2 Å². The molecule has 3 aromatic rings. The van der Waals surface area contributed by atoms with Crippen LogP contribution in [0.25, 0.3) is 11.1 Å². The Balaban J connectivity index is 2.01. The number of amides is 1. The molecule has 0 heterocycles. The number of likely N-dealkylation sites (N-methyl/N-ethyl adjacent to an activating group) is 1. The summed E-state index contributed by atoms with van der Waals surface area (Å²) in [6.45, 7) is 5.02. The zero-order valence-corrected chi connectivity index (χ0v) is 21.9. The standard InChI is InChI=1S/C28H27ClF4N2O3/c1-5-25(18-7-10-23(29)15(2)12-18)34-19-8-11-24(30)21(14-19)17-6-9-20(22(13-17)28(31,32)33)26(36)35(4)16(3)27(37)38/h6-14,16,25,34H,5H2,1-4H3,(H,37,38)/t16-,25?/m0/s1. The van der Waals surface area contributed by atoms with Crippen LogP contribution in [0.3, 0.4) is 0 Å². The first-order valence-electron chi connectivity index (χ1n) is 11.8. The van der Waals surface area contributed by atoms with Crippen molar-refractivity contribution in [1.29, 1.82) is 0 Å². The SMILES string of the molecule is CCC(Nc1ccc(F)c(-c2ccc(C(=O)N(C)[C@@H](C)C(=O)O)c(C(F)(F)F)c2)c1)c1ccc(Cl)c(C)c1. The minimum Gasteiger partial charge on any atom is -0.480 e. The van der Waals surface area contributed by atoms with E-state index < -0.39 is 41.0 Å². The second-order valence-corrected chi connectivity index (χ2v) is 9.40. The number of carbonyl (C=O) groups excluding carboxylic acids is 1. The molecule has 202 valence electrons. The minimum atomic E-state index is -4.94. The molecule has 0 saturated heterocycles. The van der Waals surface area contributed by atoms with Crippen LogP contribution in [-0.2, 0) is 11.0 Å². The first-order valence-corrected chi connectivity index (χ1v) is 12.2. The monoisotopic (exact) mass is 550 g/mol. The van der Waals surface area contributed by atoms with Crippen LogP contribution in [0.15, 0.2) is 54.6 Å². The Labute approximate surface area is 223 Å². The largest absolute Gasteiger partial charge is 0.480 e. The predicted molar refractivity (Wildman–Crippen MR) is 139 cm³/mol. The Morgan fingerprint density at radius 2 is 1.76 bits per heavy atom. The predicted octanol–water partition coefficient (Wildman–Crippen LogP) is 7.58. The highest BCUT2D eigenvalue weighted by molar-refractivity contribution is 6.31. The molecular formula is C28H27ClF4N2O3. The molecule has 0 radical (unpaired) electrons. The van der Waals surface area contributed by atoms with Gasteiger partial charge in [-0.3, -0.25) is 4.79 Å². The van der Waals surface area contributed by atoms with Crippen molar-refractivity contribution in [3.63, 3.8) is 0 Å². The van der Waals surface area contributed by atoms with Gasteiger partial charge in [0.2, 0.25) is 0 Å². The summed E-state index contributed by atoms with van der Waals surface area (Å²) in [5.41, 5.74) is 0.142. The van der Waals surface area contributed by atoms with E-state index in [2.05, 4.69) is 5.32 Å². The molecule has 0 fully saturated rings. The maximum absolute atomic E-state index is 14.8. The quantitative estimate of drug-likeness (QED) is 0.284. The number of hydrogen-bond acceptors (Lipinski definition) is 3. The highest BCUT2D eigenvalue weighted by Crippen LogP contribution is 2.37. The Kier molecular flexibility index (Phi) is 8.72. The fraction of sp³-hybridized carbons (Fsp3) is 0.286. The van der Waals surface area contributed by atoms with Gasteiger partial charge in [0.25, 0.3) is 5.91 Å². The third-order valence-corrected chi connectivity index (χ3v) is 6.85. The summed E-state index contributed by atoms with van der Waals surface area (Å²) in [5.74, 6) is -3.22. The van der Waals surface area contributed by atoms with E-state index in [4.69, 9.17) is 16.7 Å². The first-order chi connectivity index (χ1) is 17.7. The lowest BCUT2D eigenvalue weighted by molar-refractivity contribution is -0.141. The van der Waals surface area contributed by atoms with Gasteiger partial charge in [-0.1, -0.05) is 36.7 Å². The first kappa shape index (κ1) is 29.0. The molecule has 3 rings (SSSR count). The number of aryl methyl sites for hydroxylation is 1. The molecule has 3 aromatic carbocycles. The smallest absolute Gasteiger partial charge is 0.417 e. The van der Waals surface area contributed by atoms with Crippen molar-refractivity contribution in [2.75, 3.05) is 12.4 Å². The maximum atomic E-state index is 14.8. The Morgan fingerprint density at radius 1 is 1.08 bits per heavy atom. The van der Waals surface area contributed by atoms with E-state index >= 15 is 0 Å². The van der Waals surface area contributed by atoms with E-state index in [1.165, 1.54) is 25.1 Å². The topological polar surface area (TPSA) is 69.6 Å². The van der Waals surface area contributed by atoms with Crippen LogP contribution >= 0.6 is 11.6 Å². The molecule has 38 heavy (non-hydrogen) atoms. The van der Waals surface area contributed by atoms with Gasteiger partial charge in [-0.05, 0) is 73.4 Å². The number of carbonyl (C=O) groups is 2. The number of aliphatic carboxylic acids is 1. The average molecular weight is 551 g/mol. The molecule has 5 nitrogen and oxygen atoms in total. The lowest BCUT2D eigenvalue weighted by atomic mass is 9.96. The highest BCUT2D eigenvalue weighted by Gasteiger charge is 2.37. The summed E-state index contributed by atoms with van der Waals surface area (Å²) < 4.78 is 56.8. The normalized spacial score (nSPS) is 13.1. The molecule has 1 amide bonds. The zero-order valence-electron chi connectivity index (χ0n) is 21.2. The highest BCUT2D eigenvalue weighted by atomic mass is 35.5. The number of benzene rings is 3. The van der Waals surface area contributed by atoms with Crippen LogP contribution in [0.2, 0.25) is 5.02 Å². The lowest BCUT2D eigenvalue weighted by Crippen LogP contribution is -2.40. The lowest BCUT2D eigenvalue weighted by Gasteiger charge is -2.24. The number of carboxylic acid groups (broad SMARTS) is 1. The van der Waals surface area contributed by atoms with Crippen molar-refractivity contribution in [3.05, 3.63) is 87.7 Å². The molecule has 0 spiro atoms. The molecule has 2 atom stereocenters. The van der Waals surface area contributed by atoms with Gasteiger partial charge in [0, 0.05) is 23.3 Å². The summed E-state index contributed by atoms with van der Waals surface area (Å²) in [4.78, 5) is 24.7. The van der Waals surface area contributed by atoms with Crippen molar-refractivity contribution >= 4 is 29.2 Å². The van der Waals surface area contributed by atoms with E-state index in [1.807, 2.05) is 26.0 Å². The van der Waals surface area contributed by atoms with Crippen molar-refractivity contribution in [3.8, 4) is 11.1 Å². The fourth-order valence-corrected chi connectivity index (χ4v) is 4.13. The third-order valence-electron chi connectivity index (χ3n) is 6.42. The number of hydrogen-bond donors (Lipinski definition) is 2. The van der Waals surface area contributed by atoms with Gasteiger partial charge in [-0.2, -0.15) is 13.2 Å².